The van der Waals surface area contributed by atoms with E-state index in [0.29, 0.717) is 59.0 Å². The number of aromatic nitrogens is 1. The van der Waals surface area contributed by atoms with Gasteiger partial charge in [-0.1, -0.05) is 30.3 Å². The van der Waals surface area contributed by atoms with Crippen LogP contribution in [0, 0.1) is 0 Å². The van der Waals surface area contributed by atoms with E-state index >= 15 is 0 Å². The molecule has 2 heterocycles. The van der Waals surface area contributed by atoms with Crippen LogP contribution in [0.15, 0.2) is 82.6 Å². The average Bonchev–Trinajstić information content (AvgIpc) is 2.87. The van der Waals surface area contributed by atoms with Crippen LogP contribution in [0.25, 0.3) is 16.5 Å². The lowest BCUT2D eigenvalue weighted by Gasteiger charge is -2.25. The van der Waals surface area contributed by atoms with Gasteiger partial charge in [-0.25, -0.2) is 4.57 Å². The summed E-state index contributed by atoms with van der Waals surface area (Å²) < 4.78 is 18.5. The van der Waals surface area contributed by atoms with Gasteiger partial charge in [-0.2, -0.15) is 0 Å². The maximum Gasteiger partial charge on any atom is 0.265 e. The second-order valence-corrected chi connectivity index (χ2v) is 7.84. The van der Waals surface area contributed by atoms with Crippen LogP contribution in [0.5, 0.6) is 23.1 Å². The van der Waals surface area contributed by atoms with E-state index in [-0.39, 0.29) is 17.5 Å². The Morgan fingerprint density at radius 2 is 1.74 bits per heavy atom. The number of benzene rings is 3. The molecule has 1 aromatic heterocycles. The summed E-state index contributed by atoms with van der Waals surface area (Å²) in [6, 6.07) is 21.7. The van der Waals surface area contributed by atoms with Gasteiger partial charge in [-0.3, -0.25) is 9.79 Å². The number of hydrogen-bond acceptors (Lipinski definition) is 6. The molecule has 1 aliphatic rings. The van der Waals surface area contributed by atoms with Crippen LogP contribution in [0.3, 0.4) is 0 Å². The van der Waals surface area contributed by atoms with Crippen molar-refractivity contribution < 1.29 is 19.3 Å². The largest absolute Gasteiger partial charge is 0.494 e. The first-order valence-corrected chi connectivity index (χ1v) is 11.1. The fourth-order valence-corrected chi connectivity index (χ4v) is 4.00. The molecule has 0 radical (unpaired) electrons. The third-order valence-corrected chi connectivity index (χ3v) is 5.61. The fourth-order valence-electron chi connectivity index (χ4n) is 4.00. The Morgan fingerprint density at radius 3 is 2.50 bits per heavy atom. The Labute approximate surface area is 196 Å². The number of hydrogen-bond donors (Lipinski definition) is 1. The van der Waals surface area contributed by atoms with Crippen molar-refractivity contribution in [2.45, 2.75) is 13.0 Å². The molecule has 34 heavy (non-hydrogen) atoms. The molecule has 7 heteroatoms. The normalized spacial score (nSPS) is 15.0. The molecule has 1 N–H and O–H groups in total. The van der Waals surface area contributed by atoms with Gasteiger partial charge in [0.1, 0.15) is 12.4 Å². The number of aromatic hydroxyl groups is 1. The van der Waals surface area contributed by atoms with E-state index in [9.17, 15) is 9.90 Å². The van der Waals surface area contributed by atoms with Gasteiger partial charge in [-0.15, -0.1) is 0 Å². The predicted octanol–water partition coefficient (Wildman–Crippen LogP) is 4.35. The van der Waals surface area contributed by atoms with Crippen molar-refractivity contribution >= 4 is 17.0 Å². The summed E-state index contributed by atoms with van der Waals surface area (Å²) in [6.45, 7) is 3.17. The van der Waals surface area contributed by atoms with Crippen LogP contribution in [0.1, 0.15) is 12.5 Å². The maximum atomic E-state index is 13.2. The molecule has 1 aliphatic heterocycles. The van der Waals surface area contributed by atoms with E-state index in [1.807, 2.05) is 37.3 Å². The van der Waals surface area contributed by atoms with E-state index in [1.165, 1.54) is 4.57 Å². The minimum absolute atomic E-state index is 0.178. The smallest absolute Gasteiger partial charge is 0.265 e. The van der Waals surface area contributed by atoms with E-state index in [4.69, 9.17) is 14.2 Å². The molecule has 5 rings (SSSR count). The highest BCUT2D eigenvalue weighted by Crippen LogP contribution is 2.31. The lowest BCUT2D eigenvalue weighted by molar-refractivity contribution is 0.0973. The zero-order valence-electron chi connectivity index (χ0n) is 18.7. The summed E-state index contributed by atoms with van der Waals surface area (Å²) in [5, 5.41) is 12.3. The van der Waals surface area contributed by atoms with Crippen molar-refractivity contribution in [3.63, 3.8) is 0 Å². The second-order valence-electron chi connectivity index (χ2n) is 7.84. The molecule has 172 valence electrons. The average molecular weight is 456 g/mol. The SMILES string of the molecule is CCOc1ccc(-n2c(O)c(C=NC[C@@H]3COc4ccccc4O3)c3ccccc3c2=O)cc1. The maximum absolute atomic E-state index is 13.2. The monoisotopic (exact) mass is 456 g/mol. The molecule has 0 aliphatic carbocycles. The van der Waals surface area contributed by atoms with Crippen molar-refractivity contribution in [2.75, 3.05) is 19.8 Å². The fraction of sp³-hybridized carbons (Fsp3) is 0.185. The van der Waals surface area contributed by atoms with Gasteiger partial charge in [-0.05, 0) is 49.4 Å². The van der Waals surface area contributed by atoms with E-state index in [1.54, 1.807) is 48.7 Å². The lowest BCUT2D eigenvalue weighted by Crippen LogP contribution is -2.31. The lowest BCUT2D eigenvalue weighted by atomic mass is 10.1. The Kier molecular flexibility index (Phi) is 5.91. The molecule has 0 fully saturated rings. The Morgan fingerprint density at radius 1 is 1.03 bits per heavy atom. The first-order valence-electron chi connectivity index (χ1n) is 11.1. The van der Waals surface area contributed by atoms with Gasteiger partial charge in [0, 0.05) is 17.0 Å². The number of para-hydroxylation sites is 2. The van der Waals surface area contributed by atoms with Crippen molar-refractivity contribution in [1.29, 1.82) is 0 Å². The van der Waals surface area contributed by atoms with Gasteiger partial charge in [0.05, 0.1) is 24.4 Å². The Bertz CT molecular complexity index is 1410. The van der Waals surface area contributed by atoms with Crippen molar-refractivity contribution in [1.82, 2.24) is 4.57 Å². The molecule has 0 saturated heterocycles. The van der Waals surface area contributed by atoms with Gasteiger partial charge in [0.25, 0.3) is 5.56 Å². The van der Waals surface area contributed by atoms with Gasteiger partial charge < -0.3 is 19.3 Å². The molecule has 0 bridgehead atoms. The molecule has 0 amide bonds. The summed E-state index contributed by atoms with van der Waals surface area (Å²) in [5.74, 6) is 1.92. The van der Waals surface area contributed by atoms with Crippen molar-refractivity contribution in [3.8, 4) is 28.8 Å². The summed E-state index contributed by atoms with van der Waals surface area (Å²) >= 11 is 0. The van der Waals surface area contributed by atoms with Gasteiger partial charge >= 0.3 is 0 Å². The topological polar surface area (TPSA) is 82.3 Å². The first-order chi connectivity index (χ1) is 16.7. The highest BCUT2D eigenvalue weighted by molar-refractivity contribution is 6.01. The molecule has 1 atom stereocenters. The molecule has 0 unspecified atom stereocenters. The first kappa shape index (κ1) is 21.6. The third kappa shape index (κ3) is 4.08. The highest BCUT2D eigenvalue weighted by Gasteiger charge is 2.20. The number of aliphatic imine (C=N–C) groups is 1. The molecular formula is C27H24N2O5. The molecule has 3 aromatic carbocycles. The second kappa shape index (κ2) is 9.31. The summed E-state index contributed by atoms with van der Waals surface area (Å²) in [7, 11) is 0. The summed E-state index contributed by atoms with van der Waals surface area (Å²) in [4.78, 5) is 17.8. The number of ether oxygens (including phenoxy) is 3. The zero-order chi connectivity index (χ0) is 23.5. The molecule has 4 aromatic rings. The van der Waals surface area contributed by atoms with E-state index in [0.717, 1.165) is 0 Å². The summed E-state index contributed by atoms with van der Waals surface area (Å²) in [5.41, 5.74) is 0.684. The number of fused-ring (bicyclic) bond motifs is 2. The molecule has 0 spiro atoms. The van der Waals surface area contributed by atoms with Crippen LogP contribution in [0.4, 0.5) is 0 Å². The predicted molar refractivity (Wildman–Crippen MR) is 131 cm³/mol. The third-order valence-electron chi connectivity index (χ3n) is 5.61. The summed E-state index contributed by atoms with van der Waals surface area (Å²) in [6.07, 6.45) is 1.34. The number of pyridine rings is 1. The molecular weight excluding hydrogens is 432 g/mol. The van der Waals surface area contributed by atoms with Gasteiger partial charge in [0.2, 0.25) is 5.88 Å². The van der Waals surface area contributed by atoms with Crippen LogP contribution in [0.2, 0.25) is 0 Å². The molecule has 0 saturated carbocycles. The molecule has 7 nitrogen and oxygen atoms in total. The minimum Gasteiger partial charge on any atom is -0.494 e. The van der Waals surface area contributed by atoms with Crippen LogP contribution >= 0.6 is 0 Å². The quantitative estimate of drug-likeness (QED) is 0.436. The van der Waals surface area contributed by atoms with Crippen LogP contribution < -0.4 is 19.8 Å². The van der Waals surface area contributed by atoms with Crippen molar-refractivity contribution in [3.05, 3.63) is 88.7 Å². The van der Waals surface area contributed by atoms with Crippen LogP contribution in [-0.2, 0) is 0 Å². The number of nitrogens with zero attached hydrogens (tertiary/aromatic N) is 2. The number of rotatable bonds is 6. The van der Waals surface area contributed by atoms with Crippen LogP contribution in [-0.4, -0.2) is 41.8 Å². The van der Waals surface area contributed by atoms with E-state index in [2.05, 4.69) is 4.99 Å². The Balaban J connectivity index is 1.49. The zero-order valence-corrected chi connectivity index (χ0v) is 18.7. The van der Waals surface area contributed by atoms with Crippen molar-refractivity contribution in [2.24, 2.45) is 4.99 Å². The highest BCUT2D eigenvalue weighted by atomic mass is 16.6. The minimum atomic E-state index is -0.310. The standard InChI is InChI=1S/C27H24N2O5/c1-2-32-19-13-11-18(12-14-19)29-26(30)22-8-4-3-7-21(22)23(27(29)31)16-28-15-20-17-33-24-9-5-6-10-25(24)34-20/h3-14,16,20,31H,2,15,17H2,1H3/t20-/m1/s1. The van der Waals surface area contributed by atoms with E-state index < -0.39 is 0 Å². The van der Waals surface area contributed by atoms with Gasteiger partial charge in [0.15, 0.2) is 17.6 Å². The Hall–Kier alpha value is -4.26.